The molecule has 1 aromatic rings. The Bertz CT molecular complexity index is 407. The summed E-state index contributed by atoms with van der Waals surface area (Å²) in [5.74, 6) is 2.01. The Balaban J connectivity index is 1.79. The molecular formula is C14H23N3O2. The number of rotatable bonds is 4. The van der Waals surface area contributed by atoms with Gasteiger partial charge in [-0.15, -0.1) is 0 Å². The van der Waals surface area contributed by atoms with E-state index in [9.17, 15) is 0 Å². The summed E-state index contributed by atoms with van der Waals surface area (Å²) in [4.78, 5) is 4.68. The molecule has 0 aromatic carbocycles. The average Bonchev–Trinajstić information content (AvgIpc) is 3.09. The topological polar surface area (TPSA) is 60.2 Å². The third-order valence-corrected chi connectivity index (χ3v) is 4.37. The quantitative estimate of drug-likeness (QED) is 0.905. The second-order valence-corrected chi connectivity index (χ2v) is 5.61. The summed E-state index contributed by atoms with van der Waals surface area (Å²) in [6.07, 6.45) is 6.60. The molecule has 3 rings (SSSR count). The Morgan fingerprint density at radius 3 is 2.74 bits per heavy atom. The van der Waals surface area contributed by atoms with Crippen LogP contribution >= 0.6 is 0 Å². The van der Waals surface area contributed by atoms with Crippen LogP contribution in [0.15, 0.2) is 4.52 Å². The van der Waals surface area contributed by atoms with Crippen LogP contribution in [0.1, 0.15) is 63.1 Å². The van der Waals surface area contributed by atoms with Crippen molar-refractivity contribution in [1.82, 2.24) is 15.5 Å². The van der Waals surface area contributed by atoms with E-state index in [-0.39, 0.29) is 5.60 Å². The van der Waals surface area contributed by atoms with E-state index in [0.717, 1.165) is 50.5 Å². The first-order valence-electron chi connectivity index (χ1n) is 7.53. The lowest BCUT2D eigenvalue weighted by Gasteiger charge is -2.24. The predicted molar refractivity (Wildman–Crippen MR) is 70.9 cm³/mol. The Hall–Kier alpha value is -0.940. The highest BCUT2D eigenvalue weighted by atomic mass is 16.5. The molecule has 1 saturated carbocycles. The van der Waals surface area contributed by atoms with E-state index in [0.29, 0.717) is 12.5 Å². The lowest BCUT2D eigenvalue weighted by molar-refractivity contribution is -0.0469. The molecule has 1 N–H and O–H groups in total. The van der Waals surface area contributed by atoms with E-state index < -0.39 is 0 Å². The van der Waals surface area contributed by atoms with E-state index in [4.69, 9.17) is 9.26 Å². The van der Waals surface area contributed by atoms with Crippen molar-refractivity contribution in [2.75, 3.05) is 19.7 Å². The first-order chi connectivity index (χ1) is 9.34. The van der Waals surface area contributed by atoms with Gasteiger partial charge in [0.15, 0.2) is 0 Å². The second-order valence-electron chi connectivity index (χ2n) is 5.61. The molecule has 1 saturated heterocycles. The number of hydrogen-bond donors (Lipinski definition) is 1. The fourth-order valence-corrected chi connectivity index (χ4v) is 3.31. The van der Waals surface area contributed by atoms with Gasteiger partial charge in [0.05, 0.1) is 0 Å². The monoisotopic (exact) mass is 265 g/mol. The van der Waals surface area contributed by atoms with Crippen molar-refractivity contribution in [3.8, 4) is 0 Å². The summed E-state index contributed by atoms with van der Waals surface area (Å²) in [5.41, 5.74) is -0.274. The summed E-state index contributed by atoms with van der Waals surface area (Å²) in [5, 5.41) is 7.59. The average molecular weight is 265 g/mol. The van der Waals surface area contributed by atoms with Crippen molar-refractivity contribution in [3.05, 3.63) is 11.7 Å². The Labute approximate surface area is 114 Å². The van der Waals surface area contributed by atoms with Crippen LogP contribution < -0.4 is 5.32 Å². The molecule has 1 aromatic heterocycles. The van der Waals surface area contributed by atoms with Gasteiger partial charge in [-0.2, -0.15) is 4.98 Å². The van der Waals surface area contributed by atoms with Gasteiger partial charge in [-0.25, -0.2) is 0 Å². The summed E-state index contributed by atoms with van der Waals surface area (Å²) in [6, 6.07) is 0. The van der Waals surface area contributed by atoms with Gasteiger partial charge < -0.3 is 14.6 Å². The number of nitrogens with one attached hydrogen (secondary N) is 1. The lowest BCUT2D eigenvalue weighted by atomic mass is 9.97. The SMILES string of the molecule is CCOC1(c2noc(C3CCNCC3)n2)CCCC1. The van der Waals surface area contributed by atoms with Crippen LogP contribution in [0.25, 0.3) is 0 Å². The van der Waals surface area contributed by atoms with E-state index in [2.05, 4.69) is 15.5 Å². The summed E-state index contributed by atoms with van der Waals surface area (Å²) >= 11 is 0. The minimum Gasteiger partial charge on any atom is -0.367 e. The van der Waals surface area contributed by atoms with Crippen LogP contribution in [-0.2, 0) is 10.3 Å². The fourth-order valence-electron chi connectivity index (χ4n) is 3.31. The molecule has 2 fully saturated rings. The van der Waals surface area contributed by atoms with Gasteiger partial charge in [0.25, 0.3) is 0 Å². The van der Waals surface area contributed by atoms with Crippen LogP contribution in [0.3, 0.4) is 0 Å². The Morgan fingerprint density at radius 2 is 2.05 bits per heavy atom. The molecule has 0 amide bonds. The van der Waals surface area contributed by atoms with Gasteiger partial charge in [0.1, 0.15) is 5.60 Å². The number of aromatic nitrogens is 2. The largest absolute Gasteiger partial charge is 0.367 e. The molecule has 0 radical (unpaired) electrons. The molecule has 5 nitrogen and oxygen atoms in total. The van der Waals surface area contributed by atoms with Crippen molar-refractivity contribution >= 4 is 0 Å². The number of ether oxygens (including phenoxy) is 1. The minimum absolute atomic E-state index is 0.274. The van der Waals surface area contributed by atoms with Crippen LogP contribution in [-0.4, -0.2) is 29.8 Å². The van der Waals surface area contributed by atoms with Crippen LogP contribution in [0.5, 0.6) is 0 Å². The second kappa shape index (κ2) is 5.59. The number of piperidine rings is 1. The standard InChI is InChI=1S/C14H23N3O2/c1-2-18-14(7-3-4-8-14)13-16-12(19-17-13)11-5-9-15-10-6-11/h11,15H,2-10H2,1H3. The highest BCUT2D eigenvalue weighted by Crippen LogP contribution is 2.41. The maximum atomic E-state index is 5.98. The zero-order valence-electron chi connectivity index (χ0n) is 11.7. The van der Waals surface area contributed by atoms with Crippen molar-refractivity contribution in [2.45, 2.75) is 57.0 Å². The van der Waals surface area contributed by atoms with Gasteiger partial charge in [0, 0.05) is 12.5 Å². The third-order valence-electron chi connectivity index (χ3n) is 4.37. The van der Waals surface area contributed by atoms with E-state index in [1.165, 1.54) is 12.8 Å². The summed E-state index contributed by atoms with van der Waals surface area (Å²) < 4.78 is 11.5. The number of nitrogens with zero attached hydrogens (tertiary/aromatic N) is 2. The maximum Gasteiger partial charge on any atom is 0.229 e. The molecule has 1 aliphatic carbocycles. The zero-order chi connectivity index (χ0) is 13.1. The molecule has 0 atom stereocenters. The van der Waals surface area contributed by atoms with Crippen LogP contribution in [0.2, 0.25) is 0 Å². The van der Waals surface area contributed by atoms with Crippen molar-refractivity contribution in [2.24, 2.45) is 0 Å². The lowest BCUT2D eigenvalue weighted by Crippen LogP contribution is -2.28. The summed E-state index contributed by atoms with van der Waals surface area (Å²) in [6.45, 7) is 4.82. The predicted octanol–water partition coefficient (Wildman–Crippen LogP) is 2.34. The van der Waals surface area contributed by atoms with E-state index in [1.807, 2.05) is 6.92 Å². The smallest absolute Gasteiger partial charge is 0.229 e. The zero-order valence-corrected chi connectivity index (χ0v) is 11.7. The van der Waals surface area contributed by atoms with Gasteiger partial charge in [-0.1, -0.05) is 5.16 Å². The molecular weight excluding hydrogens is 242 g/mol. The minimum atomic E-state index is -0.274. The molecule has 2 heterocycles. The van der Waals surface area contributed by atoms with Gasteiger partial charge in [0.2, 0.25) is 11.7 Å². The number of hydrogen-bond acceptors (Lipinski definition) is 5. The molecule has 0 bridgehead atoms. The van der Waals surface area contributed by atoms with Gasteiger partial charge in [-0.05, 0) is 58.5 Å². The molecule has 2 aliphatic rings. The normalized spacial score (nSPS) is 23.8. The third kappa shape index (κ3) is 2.54. The van der Waals surface area contributed by atoms with Gasteiger partial charge >= 0.3 is 0 Å². The van der Waals surface area contributed by atoms with Crippen LogP contribution in [0, 0.1) is 0 Å². The first kappa shape index (κ1) is 13.1. The van der Waals surface area contributed by atoms with Crippen molar-refractivity contribution in [1.29, 1.82) is 0 Å². The molecule has 0 spiro atoms. The van der Waals surface area contributed by atoms with Crippen molar-refractivity contribution < 1.29 is 9.26 Å². The molecule has 5 heteroatoms. The Morgan fingerprint density at radius 1 is 1.32 bits per heavy atom. The molecule has 106 valence electrons. The fraction of sp³-hybridized carbons (Fsp3) is 0.857. The first-order valence-corrected chi connectivity index (χ1v) is 7.53. The molecule has 1 aliphatic heterocycles. The maximum absolute atomic E-state index is 5.98. The van der Waals surface area contributed by atoms with Crippen LogP contribution in [0.4, 0.5) is 0 Å². The highest BCUT2D eigenvalue weighted by molar-refractivity contribution is 5.06. The van der Waals surface area contributed by atoms with E-state index >= 15 is 0 Å². The molecule has 19 heavy (non-hydrogen) atoms. The Kier molecular flexibility index (Phi) is 3.84. The van der Waals surface area contributed by atoms with E-state index in [1.54, 1.807) is 0 Å². The highest BCUT2D eigenvalue weighted by Gasteiger charge is 2.41. The van der Waals surface area contributed by atoms with Crippen molar-refractivity contribution in [3.63, 3.8) is 0 Å². The molecule has 0 unspecified atom stereocenters. The van der Waals surface area contributed by atoms with Gasteiger partial charge in [-0.3, -0.25) is 0 Å². The summed E-state index contributed by atoms with van der Waals surface area (Å²) in [7, 11) is 0.